The molecule has 2 aliphatic rings. The molecule has 0 saturated heterocycles. The molecule has 1 unspecified atom stereocenters. The average Bonchev–Trinajstić information content (AvgIpc) is 3.08. The molecule has 130 valence electrons. The number of esters is 3. The summed E-state index contributed by atoms with van der Waals surface area (Å²) < 4.78 is 14.7. The van der Waals surface area contributed by atoms with Gasteiger partial charge in [0.2, 0.25) is 6.29 Å². The van der Waals surface area contributed by atoms with Crippen LogP contribution in [0.1, 0.15) is 54.1 Å². The molecule has 0 saturated carbocycles. The summed E-state index contributed by atoms with van der Waals surface area (Å²) in [7, 11) is 0. The number of carbonyl (C=O) groups excluding carboxylic acids is 3. The van der Waals surface area contributed by atoms with Crippen molar-refractivity contribution in [1.82, 2.24) is 0 Å². The SMILES string of the molecule is N#Cc1cc2c(cc1Oc1cc3c(cc1C#N)C(O)OC3=O)C(=O)OC2=O. The lowest BCUT2D eigenvalue weighted by atomic mass is 10.0. The second kappa shape index (κ2) is 5.66. The van der Waals surface area contributed by atoms with Crippen molar-refractivity contribution in [3.63, 3.8) is 0 Å². The smallest absolute Gasteiger partial charge is 0.347 e. The van der Waals surface area contributed by atoms with E-state index in [9.17, 15) is 30.0 Å². The zero-order chi connectivity index (χ0) is 19.3. The van der Waals surface area contributed by atoms with Crippen molar-refractivity contribution in [2.45, 2.75) is 6.29 Å². The fourth-order valence-electron chi connectivity index (χ4n) is 2.78. The van der Waals surface area contributed by atoms with Gasteiger partial charge in [0.15, 0.2) is 0 Å². The van der Waals surface area contributed by atoms with Gasteiger partial charge in [-0.1, -0.05) is 0 Å². The van der Waals surface area contributed by atoms with E-state index in [-0.39, 0.29) is 44.9 Å². The molecule has 0 spiro atoms. The van der Waals surface area contributed by atoms with E-state index >= 15 is 0 Å². The first-order valence-corrected chi connectivity index (χ1v) is 7.42. The third-order valence-corrected chi connectivity index (χ3v) is 4.06. The van der Waals surface area contributed by atoms with Crippen molar-refractivity contribution < 1.29 is 33.7 Å². The summed E-state index contributed by atoms with van der Waals surface area (Å²) in [4.78, 5) is 35.1. The molecule has 4 rings (SSSR count). The zero-order valence-electron chi connectivity index (χ0n) is 13.2. The molecule has 9 nitrogen and oxygen atoms in total. The van der Waals surface area contributed by atoms with E-state index < -0.39 is 24.2 Å². The molecule has 9 heteroatoms. The Kier molecular flexibility index (Phi) is 3.41. The summed E-state index contributed by atoms with van der Waals surface area (Å²) in [5.74, 6) is -2.74. The molecule has 2 aromatic rings. The number of aliphatic hydroxyl groups is 1. The molecule has 2 aliphatic heterocycles. The van der Waals surface area contributed by atoms with Crippen LogP contribution in [-0.2, 0) is 9.47 Å². The average molecular weight is 362 g/mol. The number of nitrogens with zero attached hydrogens (tertiary/aromatic N) is 2. The largest absolute Gasteiger partial charge is 0.455 e. The van der Waals surface area contributed by atoms with Crippen LogP contribution in [0.2, 0.25) is 0 Å². The maximum Gasteiger partial charge on any atom is 0.347 e. The van der Waals surface area contributed by atoms with Crippen LogP contribution in [0.5, 0.6) is 11.5 Å². The van der Waals surface area contributed by atoms with Crippen molar-refractivity contribution >= 4 is 17.9 Å². The van der Waals surface area contributed by atoms with Crippen molar-refractivity contribution in [2.24, 2.45) is 0 Å². The third kappa shape index (κ3) is 2.39. The number of hydrogen-bond acceptors (Lipinski definition) is 9. The summed E-state index contributed by atoms with van der Waals surface area (Å²) >= 11 is 0. The molecule has 0 aliphatic carbocycles. The molecular weight excluding hydrogens is 356 g/mol. The highest BCUT2D eigenvalue weighted by atomic mass is 16.6. The lowest BCUT2D eigenvalue weighted by molar-refractivity contribution is -0.0548. The predicted molar refractivity (Wildman–Crippen MR) is 82.5 cm³/mol. The summed E-state index contributed by atoms with van der Waals surface area (Å²) in [5.41, 5.74) is -0.131. The normalized spacial score (nSPS) is 16.7. The maximum atomic E-state index is 11.8. The molecule has 1 N–H and O–H groups in total. The van der Waals surface area contributed by atoms with Crippen LogP contribution in [0.15, 0.2) is 24.3 Å². The van der Waals surface area contributed by atoms with Gasteiger partial charge in [-0.05, 0) is 24.3 Å². The Balaban J connectivity index is 1.83. The van der Waals surface area contributed by atoms with Gasteiger partial charge in [0, 0.05) is 5.56 Å². The minimum absolute atomic E-state index is 0.00533. The van der Waals surface area contributed by atoms with E-state index in [1.807, 2.05) is 12.1 Å². The van der Waals surface area contributed by atoms with Gasteiger partial charge in [0.25, 0.3) is 0 Å². The van der Waals surface area contributed by atoms with Gasteiger partial charge in [-0.15, -0.1) is 0 Å². The lowest BCUT2D eigenvalue weighted by Crippen LogP contribution is -1.99. The van der Waals surface area contributed by atoms with Gasteiger partial charge in [-0.3, -0.25) is 0 Å². The Labute approximate surface area is 150 Å². The van der Waals surface area contributed by atoms with Crippen LogP contribution in [-0.4, -0.2) is 23.0 Å². The van der Waals surface area contributed by atoms with Gasteiger partial charge in [-0.25, -0.2) is 14.4 Å². The summed E-state index contributed by atoms with van der Waals surface area (Å²) in [6.07, 6.45) is -1.48. The predicted octanol–water partition coefficient (Wildman–Crippen LogP) is 1.69. The highest BCUT2D eigenvalue weighted by molar-refractivity contribution is 6.15. The molecule has 27 heavy (non-hydrogen) atoms. The van der Waals surface area contributed by atoms with Gasteiger partial charge in [-0.2, -0.15) is 10.5 Å². The molecule has 2 heterocycles. The van der Waals surface area contributed by atoms with Gasteiger partial charge >= 0.3 is 17.9 Å². The third-order valence-electron chi connectivity index (χ3n) is 4.06. The van der Waals surface area contributed by atoms with Crippen molar-refractivity contribution in [3.05, 3.63) is 57.6 Å². The second-order valence-electron chi connectivity index (χ2n) is 5.59. The molecule has 1 atom stereocenters. The quantitative estimate of drug-likeness (QED) is 0.622. The molecule has 0 aromatic heterocycles. The number of fused-ring (bicyclic) bond motifs is 2. The lowest BCUT2D eigenvalue weighted by Gasteiger charge is -2.11. The minimum atomic E-state index is -1.48. The highest BCUT2D eigenvalue weighted by Crippen LogP contribution is 2.37. The Morgan fingerprint density at radius 3 is 2.04 bits per heavy atom. The van der Waals surface area contributed by atoms with Gasteiger partial charge in [0.1, 0.15) is 23.6 Å². The van der Waals surface area contributed by atoms with Crippen LogP contribution in [0.4, 0.5) is 0 Å². The number of hydrogen-bond donors (Lipinski definition) is 1. The van der Waals surface area contributed by atoms with Gasteiger partial charge < -0.3 is 19.3 Å². The molecule has 2 aromatic carbocycles. The first-order chi connectivity index (χ1) is 12.9. The minimum Gasteiger partial charge on any atom is -0.455 e. The highest BCUT2D eigenvalue weighted by Gasteiger charge is 2.33. The maximum absolute atomic E-state index is 11.8. The molecule has 0 fully saturated rings. The number of ether oxygens (including phenoxy) is 3. The molecule has 0 radical (unpaired) electrons. The summed E-state index contributed by atoms with van der Waals surface area (Å²) in [6.45, 7) is 0. The first kappa shape index (κ1) is 16.3. The van der Waals surface area contributed by atoms with Crippen LogP contribution < -0.4 is 4.74 Å². The van der Waals surface area contributed by atoms with Crippen molar-refractivity contribution in [3.8, 4) is 23.6 Å². The fourth-order valence-corrected chi connectivity index (χ4v) is 2.78. The Bertz CT molecular complexity index is 1150. The summed E-state index contributed by atoms with van der Waals surface area (Å²) in [5, 5.41) is 28.3. The van der Waals surface area contributed by atoms with Crippen molar-refractivity contribution in [2.75, 3.05) is 0 Å². The van der Waals surface area contributed by atoms with E-state index in [1.54, 1.807) is 0 Å². The topological polar surface area (TPSA) is 147 Å². The Hall–Kier alpha value is -4.21. The first-order valence-electron chi connectivity index (χ1n) is 7.42. The standard InChI is InChI=1S/C18H6N2O7/c19-5-7-1-9-11(17(23)26-15(9)21)3-13(7)25-14-4-12-10(2-8(14)6-20)16(22)27-18(12)24/h1-4,15,21H. The monoisotopic (exact) mass is 362 g/mol. The number of rotatable bonds is 2. The number of cyclic esters (lactones) is 3. The number of aliphatic hydroxyl groups excluding tert-OH is 1. The molecule has 0 amide bonds. The van der Waals surface area contributed by atoms with Crippen LogP contribution >= 0.6 is 0 Å². The van der Waals surface area contributed by atoms with Crippen LogP contribution in [0.3, 0.4) is 0 Å². The summed E-state index contributed by atoms with van der Waals surface area (Å²) in [6, 6.07) is 8.42. The van der Waals surface area contributed by atoms with Crippen LogP contribution in [0, 0.1) is 22.7 Å². The number of carbonyl (C=O) groups is 3. The van der Waals surface area contributed by atoms with E-state index in [4.69, 9.17) is 4.74 Å². The van der Waals surface area contributed by atoms with E-state index in [1.165, 1.54) is 12.1 Å². The van der Waals surface area contributed by atoms with Crippen molar-refractivity contribution in [1.29, 1.82) is 10.5 Å². The Morgan fingerprint density at radius 1 is 0.852 bits per heavy atom. The Morgan fingerprint density at radius 2 is 1.41 bits per heavy atom. The number of benzene rings is 2. The molecule has 0 bridgehead atoms. The molecular formula is C18H6N2O7. The second-order valence-corrected chi connectivity index (χ2v) is 5.59. The van der Waals surface area contributed by atoms with E-state index in [2.05, 4.69) is 9.47 Å². The number of nitriles is 2. The fraction of sp³-hybridized carbons (Fsp3) is 0.0556. The van der Waals surface area contributed by atoms with E-state index in [0.29, 0.717) is 0 Å². The zero-order valence-corrected chi connectivity index (χ0v) is 13.2. The van der Waals surface area contributed by atoms with Crippen LogP contribution in [0.25, 0.3) is 0 Å². The van der Waals surface area contributed by atoms with E-state index in [0.717, 1.165) is 12.1 Å². The van der Waals surface area contributed by atoms with Gasteiger partial charge in [0.05, 0.1) is 27.8 Å².